The Morgan fingerprint density at radius 2 is 0.426 bits per heavy atom. The van der Waals surface area contributed by atoms with E-state index in [4.69, 9.17) is 13.3 Å². The summed E-state index contributed by atoms with van der Waals surface area (Å²) < 4.78 is 21.7. The van der Waals surface area contributed by atoms with Crippen LogP contribution in [0.2, 0.25) is 0 Å². The van der Waals surface area contributed by atoms with Crippen LogP contribution in [0, 0.1) is 0 Å². The molecule has 0 spiro atoms. The van der Waals surface area contributed by atoms with Gasteiger partial charge >= 0.3 is 0 Å². The fourth-order valence-electron chi connectivity index (χ4n) is 26.5. The molecule has 0 aliphatic heterocycles. The monoisotopic (exact) mass is 1900 g/mol. The zero-order valence-corrected chi connectivity index (χ0v) is 82.5. The van der Waals surface area contributed by atoms with Crippen LogP contribution in [-0.4, -0.2) is 0 Å². The summed E-state index contributed by atoms with van der Waals surface area (Å²) in [5, 5.41) is 32.3. The molecule has 4 heterocycles. The van der Waals surface area contributed by atoms with Crippen LogP contribution in [0.1, 0.15) is 49.9 Å². The van der Waals surface area contributed by atoms with E-state index in [1.165, 1.54) is 294 Å². The minimum Gasteiger partial charge on any atom is -0.456 e. The Kier molecular flexibility index (Phi) is 18.3. The van der Waals surface area contributed by atoms with Gasteiger partial charge in [-0.15, -0.1) is 11.3 Å². The summed E-state index contributed by atoms with van der Waals surface area (Å²) in [6.07, 6.45) is 0. The van der Waals surface area contributed by atoms with Crippen LogP contribution in [0.5, 0.6) is 0 Å². The highest BCUT2D eigenvalue weighted by molar-refractivity contribution is 7.26. The van der Waals surface area contributed by atoms with Gasteiger partial charge in [0, 0.05) is 68.9 Å². The lowest BCUT2D eigenvalue weighted by Crippen LogP contribution is -2.14. The van der Waals surface area contributed by atoms with Gasteiger partial charge in [0.2, 0.25) is 0 Å². The molecule has 0 radical (unpaired) electrons. The third-order valence-corrected chi connectivity index (χ3v) is 34.3. The molecule has 0 bridgehead atoms. The second-order valence-corrected chi connectivity index (χ2v) is 42.6. The van der Waals surface area contributed by atoms with Crippen molar-refractivity contribution in [1.29, 1.82) is 0 Å². The molecule has 31 aromatic rings. The van der Waals surface area contributed by atoms with E-state index >= 15 is 0 Å². The molecule has 2 aliphatic carbocycles. The fraction of sp³-hybridized carbons (Fsp3) is 0.0417. The van der Waals surface area contributed by atoms with E-state index < -0.39 is 0 Å². The average molecular weight is 1900 g/mol. The highest BCUT2D eigenvalue weighted by Gasteiger charge is 2.38. The normalized spacial score (nSPS) is 13.1. The van der Waals surface area contributed by atoms with Crippen molar-refractivity contribution in [2.45, 2.75) is 38.5 Å². The molecular weight excluding hydrogens is 1810 g/mol. The van der Waals surface area contributed by atoms with Gasteiger partial charge in [0.15, 0.2) is 0 Å². The third kappa shape index (κ3) is 12.3. The van der Waals surface area contributed by atoms with Gasteiger partial charge in [-0.25, -0.2) is 0 Å². The number of furan rings is 3. The highest BCUT2D eigenvalue weighted by Crippen LogP contribution is 2.58. The predicted octanol–water partition coefficient (Wildman–Crippen LogP) is 41.4. The Morgan fingerprint density at radius 1 is 0.155 bits per heavy atom. The van der Waals surface area contributed by atoms with Gasteiger partial charge in [0.05, 0.1) is 0 Å². The van der Waals surface area contributed by atoms with Crippen molar-refractivity contribution in [3.63, 3.8) is 0 Å². The molecule has 0 unspecified atom stereocenters. The van der Waals surface area contributed by atoms with Crippen molar-refractivity contribution in [3.05, 3.63) is 495 Å². The maximum Gasteiger partial charge on any atom is 0.136 e. The van der Waals surface area contributed by atoms with Crippen LogP contribution in [0.3, 0.4) is 0 Å². The topological polar surface area (TPSA) is 39.4 Å². The average Bonchev–Trinajstić information content (AvgIpc) is 1.27. The van der Waals surface area contributed by atoms with E-state index in [0.717, 1.165) is 33.5 Å². The number of benzene rings is 27. The lowest BCUT2D eigenvalue weighted by Gasteiger charge is -2.22. The Balaban J connectivity index is 0.000000100. The third-order valence-electron chi connectivity index (χ3n) is 33.1. The minimum atomic E-state index is -0.0390. The van der Waals surface area contributed by atoms with Crippen molar-refractivity contribution in [2.24, 2.45) is 0 Å². The van der Waals surface area contributed by atoms with Gasteiger partial charge < -0.3 is 13.3 Å². The number of hydrogen-bond donors (Lipinski definition) is 0. The molecule has 0 saturated heterocycles. The Bertz CT molecular complexity index is 10900. The van der Waals surface area contributed by atoms with Crippen LogP contribution in [-0.2, 0) is 10.8 Å². The maximum atomic E-state index is 6.36. The molecule has 4 heteroatoms. The molecule has 0 atom stereocenters. The van der Waals surface area contributed by atoms with Gasteiger partial charge in [-0.2, -0.15) is 0 Å². The van der Waals surface area contributed by atoms with E-state index in [-0.39, 0.29) is 10.8 Å². The number of rotatable bonds is 9. The second kappa shape index (κ2) is 32.1. The summed E-state index contributed by atoms with van der Waals surface area (Å²) in [7, 11) is 0. The molecule has 4 aromatic heterocycles. The van der Waals surface area contributed by atoms with Crippen LogP contribution >= 0.6 is 11.3 Å². The Labute approximate surface area is 857 Å². The summed E-state index contributed by atoms with van der Waals surface area (Å²) >= 11 is 1.89. The van der Waals surface area contributed by atoms with E-state index in [2.05, 4.69) is 501 Å². The standard InChI is InChI=1S/2C49H32O.C46H26OS/c1-49(2)41-21-8-7-15-33(41)34-25-24-30(28-42(34)49)29-12-9-13-31(26-29)45-35-16-3-5-18-37(35)47(38-19-6-4-17-36(38)45)40-27-32-14-10-22-43-46(32)48-39(40)20-11-23-44(48)50-43;1-49(2)41-18-8-7-12-33(41)34-26-25-31(28-42(34)49)29-21-23-30(24-22-29)45-35-13-3-5-15-37(35)47(38-16-6-4-14-36(38)45)40-27-32-11-9-19-43-46(32)48-39(40)17-10-20-44(48)50-43;1-2-15-30(28(13-1)36-21-10-22-37-29-14-7-8-25-41(29)48-46(36)37)43-31-16-3-5-18-33(31)44(34-19-6-4-17-32(34)43)38-26-27-12-9-23-39-42(27)45-35(38)20-11-24-40(45)47-39/h2*3-28H,1-2H3;1-26H. The molecular formula is C144H90O3S. The smallest absolute Gasteiger partial charge is 0.136 e. The zero-order valence-electron chi connectivity index (χ0n) is 81.7. The molecule has 148 heavy (non-hydrogen) atoms. The van der Waals surface area contributed by atoms with Crippen molar-refractivity contribution < 1.29 is 13.3 Å². The lowest BCUT2D eigenvalue weighted by molar-refractivity contribution is 0.660. The predicted molar refractivity (Wildman–Crippen MR) is 629 cm³/mol. The Hall–Kier alpha value is -18.3. The van der Waals surface area contributed by atoms with Crippen LogP contribution in [0.15, 0.2) is 486 Å². The number of thiophene rings is 1. The largest absolute Gasteiger partial charge is 0.456 e. The summed E-state index contributed by atoms with van der Waals surface area (Å²) in [4.78, 5) is 0. The minimum absolute atomic E-state index is 0.0214. The first-order valence-electron chi connectivity index (χ1n) is 51.5. The molecule has 0 N–H and O–H groups in total. The van der Waals surface area contributed by atoms with Crippen LogP contribution < -0.4 is 0 Å². The summed E-state index contributed by atoms with van der Waals surface area (Å²) in [6.45, 7) is 9.41. The first kappa shape index (κ1) is 84.2. The number of hydrogen-bond acceptors (Lipinski definition) is 4. The van der Waals surface area contributed by atoms with Crippen LogP contribution in [0.25, 0.3) is 305 Å². The maximum absolute atomic E-state index is 6.36. The first-order chi connectivity index (χ1) is 72.9. The molecule has 0 saturated carbocycles. The van der Waals surface area contributed by atoms with Crippen molar-refractivity contribution in [3.8, 4) is 122 Å². The SMILES string of the molecule is CC1(C)c2ccccc2-c2ccc(-c3ccc(-c4c5ccccc5c(-c5cc6cccc7oc8cccc5c8c67)c5ccccc45)cc3)cc21.CC1(C)c2ccccc2-c2ccc(-c3cccc(-c4c5ccccc5c(-c5cc6cccc7oc8cccc5c8c67)c5ccccc45)c3)cc21.c1ccc(-c2cccc3c2sc2ccccc23)c(-c2c3ccccc3c(-c3cc4cccc5oc6cccc3c6c45)c3ccccc23)c1. The van der Waals surface area contributed by atoms with E-state index in [1.807, 2.05) is 11.3 Å². The quantitative estimate of drug-likeness (QED) is 0.107. The summed E-state index contributed by atoms with van der Waals surface area (Å²) in [5.41, 5.74) is 39.2. The summed E-state index contributed by atoms with van der Waals surface area (Å²) in [6, 6.07) is 174. The van der Waals surface area contributed by atoms with Gasteiger partial charge in [-0.05, 0) is 315 Å². The molecule has 0 fully saturated rings. The van der Waals surface area contributed by atoms with Crippen LogP contribution in [0.4, 0.5) is 0 Å². The van der Waals surface area contributed by atoms with Crippen molar-refractivity contribution in [2.75, 3.05) is 0 Å². The van der Waals surface area contributed by atoms with E-state index in [0.29, 0.717) is 0 Å². The molecule has 33 rings (SSSR count). The molecule has 690 valence electrons. The van der Waals surface area contributed by atoms with Gasteiger partial charge in [-0.3, -0.25) is 0 Å². The van der Waals surface area contributed by atoms with Crippen molar-refractivity contribution >= 4 is 194 Å². The first-order valence-corrected chi connectivity index (χ1v) is 52.3. The lowest BCUT2D eigenvalue weighted by atomic mass is 9.81. The van der Waals surface area contributed by atoms with Crippen molar-refractivity contribution in [1.82, 2.24) is 0 Å². The van der Waals surface area contributed by atoms with Gasteiger partial charge in [0.1, 0.15) is 33.5 Å². The zero-order chi connectivity index (χ0) is 97.6. The molecule has 3 nitrogen and oxygen atoms in total. The van der Waals surface area contributed by atoms with E-state index in [9.17, 15) is 0 Å². The Morgan fingerprint density at radius 3 is 0.845 bits per heavy atom. The second-order valence-electron chi connectivity index (χ2n) is 41.5. The van der Waals surface area contributed by atoms with E-state index in [1.54, 1.807) is 0 Å². The van der Waals surface area contributed by atoms with Gasteiger partial charge in [0.25, 0.3) is 0 Å². The molecule has 0 amide bonds. The van der Waals surface area contributed by atoms with Gasteiger partial charge in [-0.1, -0.05) is 422 Å². The fourth-order valence-corrected chi connectivity index (χ4v) is 27.8. The highest BCUT2D eigenvalue weighted by atomic mass is 32.1. The number of fused-ring (bicyclic) bond motifs is 15. The summed E-state index contributed by atoms with van der Waals surface area (Å²) in [5.74, 6) is 0. The molecule has 2 aliphatic rings. The molecule has 27 aromatic carbocycles.